The first kappa shape index (κ1) is 21.2. The number of aromatic amines is 1. The average Bonchev–Trinajstić information content (AvgIpc) is 3.48. The van der Waals surface area contributed by atoms with Gasteiger partial charge in [-0.3, -0.25) is 9.89 Å². The number of amides is 1. The van der Waals surface area contributed by atoms with E-state index in [2.05, 4.69) is 14.9 Å². The van der Waals surface area contributed by atoms with Gasteiger partial charge in [0.1, 0.15) is 28.0 Å². The Kier molecular flexibility index (Phi) is 5.63. The molecule has 2 aromatic heterocycles. The predicted octanol–water partition coefficient (Wildman–Crippen LogP) is 2.97. The lowest BCUT2D eigenvalue weighted by molar-refractivity contribution is 0.0793. The highest BCUT2D eigenvalue weighted by Gasteiger charge is 2.28. The minimum atomic E-state index is -4.10. The molecule has 8 nitrogen and oxygen atoms in total. The maximum absolute atomic E-state index is 13.8. The van der Waals surface area contributed by atoms with Crippen molar-refractivity contribution in [3.63, 3.8) is 0 Å². The van der Waals surface area contributed by atoms with Crippen molar-refractivity contribution in [2.75, 3.05) is 13.1 Å². The van der Waals surface area contributed by atoms with Crippen molar-refractivity contribution in [3.05, 3.63) is 59.0 Å². The molecule has 1 aliphatic rings. The van der Waals surface area contributed by atoms with Crippen LogP contribution < -0.4 is 4.72 Å². The van der Waals surface area contributed by atoms with Crippen molar-refractivity contribution < 1.29 is 26.4 Å². The Morgan fingerprint density at radius 1 is 1.26 bits per heavy atom. The molecule has 0 radical (unpaired) electrons. The lowest BCUT2D eigenvalue weighted by atomic mass is 10.2. The molecule has 1 saturated heterocycles. The Bertz CT molecular complexity index is 1230. The summed E-state index contributed by atoms with van der Waals surface area (Å²) in [6.45, 7) is 2.33. The topological polar surface area (TPSA) is 108 Å². The van der Waals surface area contributed by atoms with Gasteiger partial charge in [0.05, 0.1) is 11.8 Å². The van der Waals surface area contributed by atoms with E-state index in [0.717, 1.165) is 31.0 Å². The zero-order chi connectivity index (χ0) is 22.2. The number of carbonyl (C=O) groups excluding carboxylic acids is 1. The van der Waals surface area contributed by atoms with Crippen LogP contribution in [-0.2, 0) is 16.6 Å². The Morgan fingerprint density at radius 3 is 2.74 bits per heavy atom. The SMILES string of the molecule is Cc1oc(-c2[nH]ncc2C(=O)N2CCCC2)cc1S(=O)(=O)NCc1cc(F)ccc1F. The van der Waals surface area contributed by atoms with Gasteiger partial charge in [0.15, 0.2) is 5.76 Å². The number of rotatable bonds is 6. The van der Waals surface area contributed by atoms with Crippen LogP contribution in [0, 0.1) is 18.6 Å². The maximum Gasteiger partial charge on any atom is 0.257 e. The zero-order valence-corrected chi connectivity index (χ0v) is 17.4. The van der Waals surface area contributed by atoms with Crippen LogP contribution in [0.1, 0.15) is 34.5 Å². The molecule has 31 heavy (non-hydrogen) atoms. The fourth-order valence-electron chi connectivity index (χ4n) is 3.51. The van der Waals surface area contributed by atoms with Crippen molar-refractivity contribution in [3.8, 4) is 11.5 Å². The Labute approximate surface area is 177 Å². The molecular weight excluding hydrogens is 430 g/mol. The third-order valence-corrected chi connectivity index (χ3v) is 6.64. The molecule has 0 saturated carbocycles. The van der Waals surface area contributed by atoms with Crippen LogP contribution in [0.4, 0.5) is 8.78 Å². The van der Waals surface area contributed by atoms with E-state index in [4.69, 9.17) is 4.42 Å². The largest absolute Gasteiger partial charge is 0.458 e. The Hall–Kier alpha value is -3.05. The number of benzene rings is 1. The normalized spacial score (nSPS) is 14.4. The minimum absolute atomic E-state index is 0.0800. The van der Waals surface area contributed by atoms with Gasteiger partial charge in [-0.25, -0.2) is 21.9 Å². The number of hydrogen-bond donors (Lipinski definition) is 2. The fraction of sp³-hybridized carbons (Fsp3) is 0.300. The highest BCUT2D eigenvalue weighted by molar-refractivity contribution is 7.89. The molecule has 164 valence electrons. The number of aryl methyl sites for hydroxylation is 1. The second-order valence-electron chi connectivity index (χ2n) is 7.25. The molecule has 1 amide bonds. The van der Waals surface area contributed by atoms with E-state index in [9.17, 15) is 22.0 Å². The molecule has 11 heteroatoms. The Morgan fingerprint density at radius 2 is 2.00 bits per heavy atom. The minimum Gasteiger partial charge on any atom is -0.458 e. The fourth-order valence-corrected chi connectivity index (χ4v) is 4.69. The van der Waals surface area contributed by atoms with Crippen LogP contribution in [0.3, 0.4) is 0 Å². The number of halogens is 2. The molecular formula is C20H20F2N4O4S. The summed E-state index contributed by atoms with van der Waals surface area (Å²) in [4.78, 5) is 14.3. The van der Waals surface area contributed by atoms with Crippen LogP contribution in [0.2, 0.25) is 0 Å². The van der Waals surface area contributed by atoms with Gasteiger partial charge in [-0.2, -0.15) is 5.10 Å². The lowest BCUT2D eigenvalue weighted by Gasteiger charge is -2.14. The molecule has 1 fully saturated rings. The van der Waals surface area contributed by atoms with E-state index < -0.39 is 28.2 Å². The molecule has 4 rings (SSSR count). The molecule has 0 unspecified atom stereocenters. The number of nitrogens with one attached hydrogen (secondary N) is 2. The molecule has 2 N–H and O–H groups in total. The smallest absolute Gasteiger partial charge is 0.257 e. The van der Waals surface area contributed by atoms with Gasteiger partial charge in [-0.15, -0.1) is 0 Å². The second-order valence-corrected chi connectivity index (χ2v) is 8.98. The van der Waals surface area contributed by atoms with Crippen LogP contribution in [0.5, 0.6) is 0 Å². The van der Waals surface area contributed by atoms with Gasteiger partial charge in [0, 0.05) is 31.3 Å². The lowest BCUT2D eigenvalue weighted by Crippen LogP contribution is -2.27. The van der Waals surface area contributed by atoms with Crippen LogP contribution >= 0.6 is 0 Å². The van der Waals surface area contributed by atoms with Gasteiger partial charge in [-0.1, -0.05) is 0 Å². The van der Waals surface area contributed by atoms with E-state index in [-0.39, 0.29) is 39.1 Å². The molecule has 0 spiro atoms. The summed E-state index contributed by atoms with van der Waals surface area (Å²) in [7, 11) is -4.10. The monoisotopic (exact) mass is 450 g/mol. The first-order valence-corrected chi connectivity index (χ1v) is 11.1. The highest BCUT2D eigenvalue weighted by atomic mass is 32.2. The number of H-pyrrole nitrogens is 1. The number of sulfonamides is 1. The maximum atomic E-state index is 13.8. The zero-order valence-electron chi connectivity index (χ0n) is 16.6. The number of likely N-dealkylation sites (tertiary alicyclic amines) is 1. The number of hydrogen-bond acceptors (Lipinski definition) is 5. The van der Waals surface area contributed by atoms with Crippen LogP contribution in [-0.4, -0.2) is 42.5 Å². The summed E-state index contributed by atoms with van der Waals surface area (Å²) in [5.41, 5.74) is 0.434. The average molecular weight is 450 g/mol. The van der Waals surface area contributed by atoms with Crippen molar-refractivity contribution in [2.45, 2.75) is 31.2 Å². The number of furan rings is 1. The summed E-state index contributed by atoms with van der Waals surface area (Å²) >= 11 is 0. The first-order valence-electron chi connectivity index (χ1n) is 9.63. The van der Waals surface area contributed by atoms with E-state index >= 15 is 0 Å². The van der Waals surface area contributed by atoms with E-state index in [1.807, 2.05) is 0 Å². The summed E-state index contributed by atoms with van der Waals surface area (Å²) in [6.07, 6.45) is 3.24. The molecule has 3 aromatic rings. The van der Waals surface area contributed by atoms with Crippen LogP contribution in [0.25, 0.3) is 11.5 Å². The van der Waals surface area contributed by atoms with Gasteiger partial charge in [-0.05, 0) is 38.0 Å². The molecule has 0 atom stereocenters. The van der Waals surface area contributed by atoms with Gasteiger partial charge < -0.3 is 9.32 Å². The van der Waals surface area contributed by atoms with Gasteiger partial charge in [0.25, 0.3) is 5.91 Å². The number of aromatic nitrogens is 2. The second kappa shape index (κ2) is 8.23. The van der Waals surface area contributed by atoms with Crippen LogP contribution in [0.15, 0.2) is 39.8 Å². The highest BCUT2D eigenvalue weighted by Crippen LogP contribution is 2.30. The predicted molar refractivity (Wildman–Crippen MR) is 107 cm³/mol. The summed E-state index contributed by atoms with van der Waals surface area (Å²) in [5, 5.41) is 6.60. The first-order chi connectivity index (χ1) is 14.8. The van der Waals surface area contributed by atoms with Crippen molar-refractivity contribution >= 4 is 15.9 Å². The van der Waals surface area contributed by atoms with Gasteiger partial charge >= 0.3 is 0 Å². The van der Waals surface area contributed by atoms with Crippen molar-refractivity contribution in [1.29, 1.82) is 0 Å². The van der Waals surface area contributed by atoms with Crippen molar-refractivity contribution in [2.24, 2.45) is 0 Å². The molecule has 0 aliphatic carbocycles. The van der Waals surface area contributed by atoms with Gasteiger partial charge in [0.2, 0.25) is 10.0 Å². The quantitative estimate of drug-likeness (QED) is 0.600. The third-order valence-electron chi connectivity index (χ3n) is 5.13. The number of carbonyl (C=O) groups is 1. The number of nitrogens with zero attached hydrogens (tertiary/aromatic N) is 2. The molecule has 1 aliphatic heterocycles. The molecule has 3 heterocycles. The summed E-state index contributed by atoms with van der Waals surface area (Å²) < 4.78 is 60.5. The molecule has 0 bridgehead atoms. The third kappa shape index (κ3) is 4.23. The van der Waals surface area contributed by atoms with E-state index in [0.29, 0.717) is 13.1 Å². The summed E-state index contributed by atoms with van der Waals surface area (Å²) in [6, 6.07) is 4.07. The standard InChI is InChI=1S/C20H20F2N4O4S/c1-12-18(31(28,29)24-10-13-8-14(21)4-5-16(13)22)9-17(30-12)19-15(11-23-25-19)20(27)26-6-2-3-7-26/h4-5,8-9,11,24H,2-3,6-7,10H2,1H3,(H,23,25). The van der Waals surface area contributed by atoms with Crippen molar-refractivity contribution in [1.82, 2.24) is 19.8 Å². The van der Waals surface area contributed by atoms with E-state index in [1.165, 1.54) is 19.2 Å². The molecule has 1 aromatic carbocycles. The Balaban J connectivity index is 1.58. The summed E-state index contributed by atoms with van der Waals surface area (Å²) in [5.74, 6) is -1.39. The van der Waals surface area contributed by atoms with E-state index in [1.54, 1.807) is 4.90 Å².